The number of hydrogen-bond acceptors (Lipinski definition) is 14. The second-order valence-electron chi connectivity index (χ2n) is 19.4. The van der Waals surface area contributed by atoms with E-state index in [0.29, 0.717) is 51.8 Å². The van der Waals surface area contributed by atoms with Crippen LogP contribution < -0.4 is 36.3 Å². The maximum Gasteiger partial charge on any atom is 0.441 e. The Hall–Kier alpha value is -7.09. The summed E-state index contributed by atoms with van der Waals surface area (Å²) in [5, 5.41) is 29.4. The molecule has 1 aliphatic rings. The van der Waals surface area contributed by atoms with Gasteiger partial charge in [-0.2, -0.15) is 4.98 Å². The number of fused-ring (bicyclic) bond motifs is 2. The number of aliphatic imine (C=N–C) groups is 1. The van der Waals surface area contributed by atoms with E-state index < -0.39 is 5.76 Å². The van der Waals surface area contributed by atoms with Crippen molar-refractivity contribution in [2.24, 2.45) is 10.7 Å². The van der Waals surface area contributed by atoms with Crippen LogP contribution in [0.1, 0.15) is 85.4 Å². The molecule has 3 radical (unpaired) electrons. The molecule has 1 fully saturated rings. The molecule has 6 aromatic carbocycles. The molecule has 0 amide bonds. The van der Waals surface area contributed by atoms with Gasteiger partial charge in [-0.15, -0.1) is 0 Å². The van der Waals surface area contributed by atoms with Gasteiger partial charge in [0.1, 0.15) is 51.0 Å². The molecule has 1 saturated heterocycles. The molecular formula is C62H81BIN6O9. The normalized spacial score (nSPS) is 11.9. The van der Waals surface area contributed by atoms with Crippen molar-refractivity contribution in [3.05, 3.63) is 178 Å². The number of methoxy groups -OCH3 is 3. The highest BCUT2D eigenvalue weighted by molar-refractivity contribution is 14.1. The summed E-state index contributed by atoms with van der Waals surface area (Å²) in [5.41, 5.74) is 11.1. The highest BCUT2D eigenvalue weighted by Crippen LogP contribution is 2.34. The fourth-order valence-electron chi connectivity index (χ4n) is 8.04. The smallest absolute Gasteiger partial charge is 0.441 e. The predicted octanol–water partition coefficient (Wildman–Crippen LogP) is 12.6. The van der Waals surface area contributed by atoms with Crippen LogP contribution in [-0.2, 0) is 21.0 Å². The summed E-state index contributed by atoms with van der Waals surface area (Å²) in [5.74, 6) is 2.80. The number of aliphatic hydroxyl groups excluding tert-OH is 1. The van der Waals surface area contributed by atoms with Gasteiger partial charge in [0, 0.05) is 59.4 Å². The van der Waals surface area contributed by atoms with Crippen molar-refractivity contribution in [3.63, 3.8) is 0 Å². The first kappa shape index (κ1) is 66.2. The van der Waals surface area contributed by atoms with Gasteiger partial charge in [-0.1, -0.05) is 186 Å². The van der Waals surface area contributed by atoms with E-state index in [2.05, 4.69) is 116 Å². The maximum absolute atomic E-state index is 11.7. The minimum Gasteiger partial charge on any atom is -0.507 e. The zero-order valence-corrected chi connectivity index (χ0v) is 48.8. The molecule has 17 heteroatoms. The van der Waals surface area contributed by atoms with E-state index in [1.165, 1.54) is 29.5 Å². The number of alkyl halides is 1. The number of benzene rings is 6. The first-order chi connectivity index (χ1) is 37.5. The summed E-state index contributed by atoms with van der Waals surface area (Å²) >= 11 is 1.96. The third kappa shape index (κ3) is 19.7. The zero-order chi connectivity index (χ0) is 57.1. The fraction of sp³-hybridized carbons (Fsp3) is 0.355. The lowest BCUT2D eigenvalue weighted by atomic mass is 9.84. The third-order valence-corrected chi connectivity index (χ3v) is 12.5. The Morgan fingerprint density at radius 2 is 1.08 bits per heavy atom. The number of nitrogens with zero attached hydrogens (tertiary/aromatic N) is 3. The summed E-state index contributed by atoms with van der Waals surface area (Å²) < 4.78 is 37.7. The molecule has 15 nitrogen and oxygen atoms in total. The average Bonchev–Trinajstić information content (AvgIpc) is 4.20. The van der Waals surface area contributed by atoms with Crippen molar-refractivity contribution >= 4 is 70.4 Å². The van der Waals surface area contributed by atoms with E-state index in [-0.39, 0.29) is 43.7 Å². The van der Waals surface area contributed by atoms with Gasteiger partial charge in [-0.25, -0.2) is 4.79 Å². The topological polar surface area (TPSA) is 209 Å². The Bertz CT molecular complexity index is 3100. The van der Waals surface area contributed by atoms with Gasteiger partial charge in [0.05, 0.1) is 33.4 Å². The average molecular weight is 1190 g/mol. The number of amidine groups is 1. The van der Waals surface area contributed by atoms with Crippen LogP contribution in [-0.4, -0.2) is 101 Å². The minimum atomic E-state index is -0.629. The molecule has 0 atom stereocenters. The number of rotatable bonds is 15. The van der Waals surface area contributed by atoms with E-state index >= 15 is 0 Å². The fourth-order valence-corrected chi connectivity index (χ4v) is 8.04. The van der Waals surface area contributed by atoms with Crippen LogP contribution in [0.4, 0.5) is 11.6 Å². The largest absolute Gasteiger partial charge is 0.507 e. The molecule has 9 rings (SSSR count). The highest BCUT2D eigenvalue weighted by Gasteiger charge is 2.24. The lowest BCUT2D eigenvalue weighted by molar-refractivity contribution is 0.198. The second-order valence-corrected chi connectivity index (χ2v) is 19.4. The number of aromatic nitrogens is 2. The number of halogens is 1. The first-order valence-electron chi connectivity index (χ1n) is 25.8. The molecule has 2 aromatic heterocycles. The van der Waals surface area contributed by atoms with Crippen molar-refractivity contribution < 1.29 is 39.5 Å². The molecule has 3 heterocycles. The number of nitrogens with two attached hydrogens (primary N) is 1. The number of aromatic hydroxyl groups is 1. The van der Waals surface area contributed by atoms with Crippen molar-refractivity contribution in [2.45, 2.75) is 78.1 Å². The molecule has 1 aliphatic heterocycles. The zero-order valence-electron chi connectivity index (χ0n) is 47.6. The lowest BCUT2D eigenvalue weighted by Crippen LogP contribution is -2.28. The van der Waals surface area contributed by atoms with E-state index in [1.54, 1.807) is 51.7 Å². The molecule has 8 aromatic rings. The standard InChI is InChI=1S/C19H20N2O3.C18H20N2O2.C18H22N2O2.C4H8O.CH3I.CH4O.CH4.B/c1-19(2,13-8-5-4-6-9-13)12-20-17-16-14(23-3)10-7-11-15(16)24-18(22)21-17;1-18(2,13-8-5-4-6-9-13)12-19-17-16-14(21-3)10-7-11-15(16)22-20-17;1-18(2,13-8-5-4-6-9-13)12-20-17(19)16-14(21)10-7-11-15(16)22-3;1-2-4-5-3-1;2*1-2;;/h4-11H,12H2,1-3H3,(H,20,21,22);4-11H,12H2,1-3H3,(H,19,20);4-11,21H,12H2,1-3H3,(H2,19,20);1-4H2;1H3;2H,1H3;1H4;/i;;;;1D;;;. The Morgan fingerprint density at radius 3 is 1.53 bits per heavy atom. The van der Waals surface area contributed by atoms with Gasteiger partial charge in [0.2, 0.25) is 0 Å². The van der Waals surface area contributed by atoms with Gasteiger partial charge >= 0.3 is 5.76 Å². The number of nitrogens with one attached hydrogen (secondary N) is 2. The van der Waals surface area contributed by atoms with Crippen LogP contribution in [0.25, 0.3) is 21.9 Å². The Labute approximate surface area is 484 Å². The van der Waals surface area contributed by atoms with Crippen molar-refractivity contribution in [1.29, 1.82) is 0 Å². The van der Waals surface area contributed by atoms with Gasteiger partial charge in [0.25, 0.3) is 0 Å². The monoisotopic (exact) mass is 1190 g/mol. The van der Waals surface area contributed by atoms with Crippen molar-refractivity contribution in [1.82, 2.24) is 10.1 Å². The van der Waals surface area contributed by atoms with E-state index in [0.717, 1.165) is 49.4 Å². The molecule has 423 valence electrons. The van der Waals surface area contributed by atoms with Gasteiger partial charge in [0.15, 0.2) is 11.4 Å². The number of hydrogen-bond donors (Lipinski definition) is 5. The number of ether oxygens (including phenoxy) is 4. The van der Waals surface area contributed by atoms with Gasteiger partial charge in [-0.3, -0.25) is 4.99 Å². The summed E-state index contributed by atoms with van der Waals surface area (Å²) in [6.45, 7) is 16.8. The number of anilines is 2. The minimum absolute atomic E-state index is 0. The number of phenols is 1. The summed E-state index contributed by atoms with van der Waals surface area (Å²) in [4.78, 5) is 20.7. The molecular weight excluding hydrogens is 1110 g/mol. The Balaban J connectivity index is 0.000000373. The summed E-state index contributed by atoms with van der Waals surface area (Å²) in [6.07, 6.45) is 2.56. The van der Waals surface area contributed by atoms with Crippen LogP contribution in [0.5, 0.6) is 23.0 Å². The van der Waals surface area contributed by atoms with Gasteiger partial charge < -0.3 is 54.5 Å². The number of phenolic OH excluding ortho intramolecular Hbond substituents is 1. The third-order valence-electron chi connectivity index (χ3n) is 12.5. The molecule has 79 heavy (non-hydrogen) atoms. The molecule has 0 bridgehead atoms. The second kappa shape index (κ2) is 34.0. The lowest BCUT2D eigenvalue weighted by Gasteiger charge is -2.26. The molecule has 0 aliphatic carbocycles. The van der Waals surface area contributed by atoms with Crippen molar-refractivity contribution in [3.8, 4) is 23.0 Å². The first-order valence-corrected chi connectivity index (χ1v) is 26.6. The summed E-state index contributed by atoms with van der Waals surface area (Å²) in [7, 11) is 5.77. The Morgan fingerprint density at radius 1 is 0.658 bits per heavy atom. The SMILES string of the molecule is C.C1CCOC1.CO.COc1cccc(O)c1C(N)=NCC(C)(C)c1ccccc1.COc1cccc2oc(=O)nc(NCC(C)(C)c3ccccc3)c12.COc1cccc2onc(NCC(C)(C)c3ccccc3)c12.[2H]CI.[B]. The summed E-state index contributed by atoms with van der Waals surface area (Å²) in [6, 6.07) is 46.9. The highest BCUT2D eigenvalue weighted by atomic mass is 127. The molecule has 0 saturated carbocycles. The predicted molar refractivity (Wildman–Crippen MR) is 334 cm³/mol. The molecule has 0 unspecified atom stereocenters. The van der Waals surface area contributed by atoms with Crippen molar-refractivity contribution in [2.75, 3.05) is 76.8 Å². The Kier molecular flexibility index (Phi) is 28.5. The van der Waals surface area contributed by atoms with E-state index in [9.17, 15) is 9.90 Å². The van der Waals surface area contributed by atoms with E-state index in [1.807, 2.05) is 89.3 Å². The van der Waals surface area contributed by atoms with Crippen LogP contribution in [0, 0.1) is 0 Å². The van der Waals surface area contributed by atoms with Crippen LogP contribution in [0.3, 0.4) is 0 Å². The van der Waals surface area contributed by atoms with Crippen LogP contribution in [0.15, 0.2) is 164 Å². The van der Waals surface area contributed by atoms with Crippen LogP contribution in [0.2, 0.25) is 0 Å². The number of aliphatic hydroxyl groups is 1. The van der Waals surface area contributed by atoms with E-state index in [4.69, 9.17) is 40.1 Å². The molecule has 0 spiro atoms. The van der Waals surface area contributed by atoms with Gasteiger partial charge in [-0.05, 0) is 70.8 Å². The molecule has 6 N–H and O–H groups in total. The quantitative estimate of drug-likeness (QED) is 0.0213. The maximum atomic E-state index is 11.7. The van der Waals surface area contributed by atoms with Crippen LogP contribution >= 0.6 is 22.6 Å².